The highest BCUT2D eigenvalue weighted by Gasteiger charge is 2.36. The molecule has 148 valence electrons. The van der Waals surface area contributed by atoms with Crippen LogP contribution < -0.4 is 5.32 Å². The van der Waals surface area contributed by atoms with Crippen LogP contribution >= 0.6 is 24.0 Å². The van der Waals surface area contributed by atoms with Crippen molar-refractivity contribution < 1.29 is 8.42 Å². The molecule has 0 aromatic rings. The molecule has 0 aromatic carbocycles. The first-order valence-corrected chi connectivity index (χ1v) is 11.6. The van der Waals surface area contributed by atoms with Gasteiger partial charge >= 0.3 is 0 Å². The van der Waals surface area contributed by atoms with Crippen LogP contribution in [0, 0.1) is 5.41 Å². The third-order valence-electron chi connectivity index (χ3n) is 5.56. The monoisotopic (exact) mass is 485 g/mol. The first-order valence-electron chi connectivity index (χ1n) is 9.74. The van der Waals surface area contributed by atoms with Crippen LogP contribution in [-0.4, -0.2) is 57.0 Å². The van der Waals surface area contributed by atoms with E-state index in [2.05, 4.69) is 22.1 Å². The maximum absolute atomic E-state index is 11.7. The molecule has 1 spiro atoms. The Morgan fingerprint density at radius 2 is 1.72 bits per heavy atom. The molecule has 1 aliphatic heterocycles. The fourth-order valence-corrected chi connectivity index (χ4v) is 4.79. The number of piperidine rings is 1. The lowest BCUT2D eigenvalue weighted by atomic mass is 9.74. The van der Waals surface area contributed by atoms with E-state index in [1.807, 2.05) is 0 Å². The number of hydrogen-bond donors (Lipinski definition) is 1. The Balaban J connectivity index is 0.00000312. The van der Waals surface area contributed by atoms with Crippen molar-refractivity contribution in [3.8, 4) is 0 Å². The van der Waals surface area contributed by atoms with E-state index in [-0.39, 0.29) is 35.5 Å². The summed E-state index contributed by atoms with van der Waals surface area (Å²) in [6.45, 7) is 7.08. The highest BCUT2D eigenvalue weighted by molar-refractivity contribution is 14.0. The van der Waals surface area contributed by atoms with Gasteiger partial charge in [0.1, 0.15) is 0 Å². The van der Waals surface area contributed by atoms with Crippen molar-refractivity contribution in [1.82, 2.24) is 10.2 Å². The first-order chi connectivity index (χ1) is 11.5. The molecule has 1 saturated carbocycles. The van der Waals surface area contributed by atoms with Gasteiger partial charge in [0.05, 0.1) is 12.3 Å². The molecule has 25 heavy (non-hydrogen) atoms. The minimum atomic E-state index is -2.95. The van der Waals surface area contributed by atoms with Gasteiger partial charge in [-0.2, -0.15) is 0 Å². The molecule has 0 aromatic heterocycles. The Labute approximate surface area is 171 Å². The Kier molecular flexibility index (Phi) is 10.1. The smallest absolute Gasteiger partial charge is 0.193 e. The fraction of sp³-hybridized carbons (Fsp3) is 0.944. The summed E-state index contributed by atoms with van der Waals surface area (Å²) in [5.41, 5.74) is 0.459. The largest absolute Gasteiger partial charge is 0.357 e. The molecule has 0 radical (unpaired) electrons. The molecule has 1 N–H and O–H groups in total. The van der Waals surface area contributed by atoms with Gasteiger partial charge in [-0.15, -0.1) is 24.0 Å². The van der Waals surface area contributed by atoms with Gasteiger partial charge in [-0.25, -0.2) is 8.42 Å². The fourth-order valence-electron chi connectivity index (χ4n) is 4.14. The van der Waals surface area contributed by atoms with E-state index < -0.39 is 9.84 Å². The first kappa shape index (κ1) is 23.0. The van der Waals surface area contributed by atoms with E-state index in [1.54, 1.807) is 6.92 Å². The Hall–Kier alpha value is -0.0500. The minimum Gasteiger partial charge on any atom is -0.357 e. The molecule has 1 saturated heterocycles. The van der Waals surface area contributed by atoms with Crippen LogP contribution in [0.1, 0.15) is 65.2 Å². The molecule has 2 aliphatic rings. The van der Waals surface area contributed by atoms with Crippen molar-refractivity contribution >= 4 is 39.8 Å². The zero-order chi connectivity index (χ0) is 17.5. The summed E-state index contributed by atoms with van der Waals surface area (Å²) in [5, 5.41) is 3.38. The van der Waals surface area contributed by atoms with E-state index >= 15 is 0 Å². The van der Waals surface area contributed by atoms with Crippen LogP contribution in [-0.2, 0) is 9.84 Å². The molecule has 0 amide bonds. The van der Waals surface area contributed by atoms with Crippen molar-refractivity contribution in [3.63, 3.8) is 0 Å². The lowest BCUT2D eigenvalue weighted by molar-refractivity contribution is 0.115. The van der Waals surface area contributed by atoms with Gasteiger partial charge in [0.15, 0.2) is 15.8 Å². The highest BCUT2D eigenvalue weighted by Crippen LogP contribution is 2.42. The molecule has 1 heterocycles. The van der Waals surface area contributed by atoms with Crippen LogP contribution in [0.5, 0.6) is 0 Å². The maximum Gasteiger partial charge on any atom is 0.193 e. The standard InChI is InChI=1S/C18H35N3O2S.HI/c1-3-19-17(20-13-15-24(22,23)4-2)21-14-9-12-18(16-21)10-7-5-6-8-11-18;/h3-16H2,1-2H3,(H,19,20);1H. The van der Waals surface area contributed by atoms with Crippen LogP contribution in [0.2, 0.25) is 0 Å². The molecular formula is C18H36IN3O2S. The molecule has 2 rings (SSSR count). The predicted octanol–water partition coefficient (Wildman–Crippen LogP) is 3.44. The third kappa shape index (κ3) is 7.23. The van der Waals surface area contributed by atoms with Crippen molar-refractivity contribution in [2.75, 3.05) is 37.7 Å². The number of nitrogens with one attached hydrogen (secondary N) is 1. The quantitative estimate of drug-likeness (QED) is 0.368. The summed E-state index contributed by atoms with van der Waals surface area (Å²) < 4.78 is 23.4. The van der Waals surface area contributed by atoms with Gasteiger partial charge in [0.25, 0.3) is 0 Å². The maximum atomic E-state index is 11.7. The average Bonchev–Trinajstić information content (AvgIpc) is 2.79. The second kappa shape index (κ2) is 10.9. The molecule has 7 heteroatoms. The van der Waals surface area contributed by atoms with Crippen molar-refractivity contribution in [3.05, 3.63) is 0 Å². The number of sulfone groups is 1. The number of guanidine groups is 1. The van der Waals surface area contributed by atoms with Gasteiger partial charge in [-0.1, -0.05) is 32.6 Å². The topological polar surface area (TPSA) is 61.8 Å². The Bertz CT molecular complexity index is 514. The molecule has 1 aliphatic carbocycles. The number of rotatable bonds is 5. The van der Waals surface area contributed by atoms with E-state index in [0.29, 0.717) is 12.0 Å². The number of likely N-dealkylation sites (tertiary alicyclic amines) is 1. The average molecular weight is 485 g/mol. The zero-order valence-corrected chi connectivity index (χ0v) is 19.1. The molecule has 0 bridgehead atoms. The normalized spacial score (nSPS) is 21.5. The minimum absolute atomic E-state index is 0. The van der Waals surface area contributed by atoms with E-state index in [1.165, 1.54) is 51.4 Å². The van der Waals surface area contributed by atoms with Crippen molar-refractivity contribution in [1.29, 1.82) is 0 Å². The van der Waals surface area contributed by atoms with Crippen molar-refractivity contribution in [2.45, 2.75) is 65.2 Å². The molecule has 5 nitrogen and oxygen atoms in total. The lowest BCUT2D eigenvalue weighted by Crippen LogP contribution is -2.50. The Morgan fingerprint density at radius 1 is 1.08 bits per heavy atom. The van der Waals surface area contributed by atoms with E-state index in [0.717, 1.165) is 25.6 Å². The number of hydrogen-bond acceptors (Lipinski definition) is 3. The highest BCUT2D eigenvalue weighted by atomic mass is 127. The molecule has 0 unspecified atom stereocenters. The molecular weight excluding hydrogens is 449 g/mol. The van der Waals surface area contributed by atoms with Gasteiger partial charge in [-0.3, -0.25) is 4.99 Å². The van der Waals surface area contributed by atoms with E-state index in [9.17, 15) is 8.42 Å². The van der Waals surface area contributed by atoms with Crippen LogP contribution in [0.3, 0.4) is 0 Å². The second-order valence-corrected chi connectivity index (χ2v) is 9.88. The summed E-state index contributed by atoms with van der Waals surface area (Å²) in [7, 11) is -2.95. The van der Waals surface area contributed by atoms with Gasteiger partial charge < -0.3 is 10.2 Å². The van der Waals surface area contributed by atoms with Crippen LogP contribution in [0.25, 0.3) is 0 Å². The Morgan fingerprint density at radius 3 is 2.32 bits per heavy atom. The number of halogens is 1. The summed E-state index contributed by atoms with van der Waals surface area (Å²) in [6, 6.07) is 0. The summed E-state index contributed by atoms with van der Waals surface area (Å²) >= 11 is 0. The second-order valence-electron chi connectivity index (χ2n) is 7.41. The third-order valence-corrected chi connectivity index (χ3v) is 7.25. The van der Waals surface area contributed by atoms with Crippen LogP contribution in [0.15, 0.2) is 4.99 Å². The van der Waals surface area contributed by atoms with E-state index in [4.69, 9.17) is 0 Å². The summed E-state index contributed by atoms with van der Waals surface area (Å²) in [5.74, 6) is 1.26. The SMILES string of the molecule is CCNC(=NCCS(=O)(=O)CC)N1CCCC2(CCCCCC2)C1.I. The van der Waals surface area contributed by atoms with Crippen LogP contribution in [0.4, 0.5) is 0 Å². The summed E-state index contributed by atoms with van der Waals surface area (Å²) in [6.07, 6.45) is 10.7. The zero-order valence-electron chi connectivity index (χ0n) is 15.9. The van der Waals surface area contributed by atoms with Gasteiger partial charge in [0, 0.05) is 25.4 Å². The molecule has 2 fully saturated rings. The molecule has 0 atom stereocenters. The van der Waals surface area contributed by atoms with Gasteiger partial charge in [-0.05, 0) is 38.0 Å². The van der Waals surface area contributed by atoms with Gasteiger partial charge in [0.2, 0.25) is 0 Å². The summed E-state index contributed by atoms with van der Waals surface area (Å²) in [4.78, 5) is 7.01. The lowest BCUT2D eigenvalue weighted by Gasteiger charge is -2.44. The van der Waals surface area contributed by atoms with Crippen molar-refractivity contribution in [2.24, 2.45) is 10.4 Å². The number of nitrogens with zero attached hydrogens (tertiary/aromatic N) is 2. The number of aliphatic imine (C=N–C) groups is 1. The predicted molar refractivity (Wildman–Crippen MR) is 117 cm³/mol.